The van der Waals surface area contributed by atoms with E-state index in [0.717, 1.165) is 37.4 Å². The van der Waals surface area contributed by atoms with E-state index in [2.05, 4.69) is 29.4 Å². The second-order valence-electron chi connectivity index (χ2n) is 7.26. The molecule has 7 nitrogen and oxygen atoms in total. The molecule has 0 unspecified atom stereocenters. The van der Waals surface area contributed by atoms with Gasteiger partial charge in [0.15, 0.2) is 11.6 Å². The monoisotopic (exact) mass is 381 g/mol. The topological polar surface area (TPSA) is 63.0 Å². The molecule has 1 fully saturated rings. The molecule has 0 amide bonds. The van der Waals surface area contributed by atoms with Crippen molar-refractivity contribution in [3.63, 3.8) is 0 Å². The Morgan fingerprint density at radius 3 is 2.86 bits per heavy atom. The maximum absolute atomic E-state index is 13.9. The molecule has 0 N–H and O–H groups in total. The van der Waals surface area contributed by atoms with Gasteiger partial charge in [-0.15, -0.1) is 0 Å². The predicted octanol–water partition coefficient (Wildman–Crippen LogP) is 2.71. The summed E-state index contributed by atoms with van der Waals surface area (Å²) in [7, 11) is 3.56. The van der Waals surface area contributed by atoms with Crippen LogP contribution in [0.25, 0.3) is 0 Å². The maximum Gasteiger partial charge on any atom is 0.227 e. The van der Waals surface area contributed by atoms with E-state index in [1.807, 2.05) is 36.8 Å². The van der Waals surface area contributed by atoms with E-state index in [-0.39, 0.29) is 5.92 Å². The van der Waals surface area contributed by atoms with E-state index in [4.69, 9.17) is 0 Å². The van der Waals surface area contributed by atoms with Crippen LogP contribution in [0.3, 0.4) is 0 Å². The Labute approximate surface area is 163 Å². The summed E-state index contributed by atoms with van der Waals surface area (Å²) in [6, 6.07) is 5.93. The minimum Gasteiger partial charge on any atom is -0.360 e. The molecule has 0 saturated carbocycles. The molecule has 0 bridgehead atoms. The number of hydrogen-bond acceptors (Lipinski definition) is 6. The lowest BCUT2D eigenvalue weighted by molar-refractivity contribution is 0.470. The van der Waals surface area contributed by atoms with Gasteiger partial charge in [-0.05, 0) is 25.0 Å². The average molecular weight is 381 g/mol. The quantitative estimate of drug-likeness (QED) is 0.677. The van der Waals surface area contributed by atoms with Gasteiger partial charge in [-0.25, -0.2) is 14.4 Å². The fourth-order valence-corrected chi connectivity index (χ4v) is 3.67. The smallest absolute Gasteiger partial charge is 0.227 e. The Kier molecular flexibility index (Phi) is 5.18. The molecule has 0 aromatic carbocycles. The molecule has 0 aliphatic carbocycles. The molecule has 4 heterocycles. The first-order valence-corrected chi connectivity index (χ1v) is 9.47. The maximum atomic E-state index is 13.9. The second-order valence-corrected chi connectivity index (χ2v) is 7.26. The highest BCUT2D eigenvalue weighted by Gasteiger charge is 2.27. The number of rotatable bonds is 5. The summed E-state index contributed by atoms with van der Waals surface area (Å²) in [5, 5.41) is 0. The molecule has 8 heteroatoms. The van der Waals surface area contributed by atoms with Crippen molar-refractivity contribution >= 4 is 11.8 Å². The van der Waals surface area contributed by atoms with Crippen molar-refractivity contribution < 1.29 is 4.39 Å². The van der Waals surface area contributed by atoms with Gasteiger partial charge in [0.2, 0.25) is 5.95 Å². The molecule has 146 valence electrons. The summed E-state index contributed by atoms with van der Waals surface area (Å²) in [6.07, 6.45) is 8.97. The van der Waals surface area contributed by atoms with Crippen LogP contribution in [0.2, 0.25) is 0 Å². The average Bonchev–Trinajstić information content (AvgIpc) is 3.17. The van der Waals surface area contributed by atoms with Crippen molar-refractivity contribution in [2.24, 2.45) is 0 Å². The van der Waals surface area contributed by atoms with Gasteiger partial charge in [-0.2, -0.15) is 4.98 Å². The number of halogens is 1. The standard InChI is InChI=1S/C20H24FN7/c1-26(2)19-17(21)12-24-20(25-19)28-10-5-6-15(13-28)18-23-9-11-27(18)14-16-7-3-4-8-22-16/h3-4,7-9,11-12,15H,5-6,10,13-14H2,1-2H3/t15-/m0/s1. The Hall–Kier alpha value is -3.03. The minimum atomic E-state index is -0.409. The summed E-state index contributed by atoms with van der Waals surface area (Å²) in [6.45, 7) is 2.32. The molecule has 4 rings (SSSR count). The van der Waals surface area contributed by atoms with Crippen molar-refractivity contribution in [3.8, 4) is 0 Å². The summed E-state index contributed by atoms with van der Waals surface area (Å²) in [5.74, 6) is 1.78. The lowest BCUT2D eigenvalue weighted by Gasteiger charge is -2.33. The second kappa shape index (κ2) is 7.92. The van der Waals surface area contributed by atoms with Gasteiger partial charge in [-0.3, -0.25) is 4.98 Å². The highest BCUT2D eigenvalue weighted by Crippen LogP contribution is 2.29. The van der Waals surface area contributed by atoms with E-state index in [1.54, 1.807) is 19.0 Å². The van der Waals surface area contributed by atoms with E-state index in [1.165, 1.54) is 6.20 Å². The Bertz CT molecular complexity index is 925. The zero-order chi connectivity index (χ0) is 19.5. The van der Waals surface area contributed by atoms with E-state index in [9.17, 15) is 4.39 Å². The van der Waals surface area contributed by atoms with Gasteiger partial charge in [-0.1, -0.05) is 6.07 Å². The highest BCUT2D eigenvalue weighted by molar-refractivity contribution is 5.44. The number of hydrogen-bond donors (Lipinski definition) is 0. The highest BCUT2D eigenvalue weighted by atomic mass is 19.1. The summed E-state index contributed by atoms with van der Waals surface area (Å²) in [5.41, 5.74) is 1.01. The Balaban J connectivity index is 1.54. The molecular formula is C20H24FN7. The first kappa shape index (κ1) is 18.3. The first-order chi connectivity index (χ1) is 13.6. The molecule has 3 aromatic rings. The van der Waals surface area contributed by atoms with Crippen LogP contribution in [0, 0.1) is 5.82 Å². The molecule has 0 radical (unpaired) electrons. The van der Waals surface area contributed by atoms with Crippen LogP contribution >= 0.6 is 0 Å². The number of piperidine rings is 1. The van der Waals surface area contributed by atoms with Crippen LogP contribution in [0.1, 0.15) is 30.3 Å². The number of pyridine rings is 1. The third kappa shape index (κ3) is 3.81. The van der Waals surface area contributed by atoms with Gasteiger partial charge in [0.25, 0.3) is 0 Å². The number of nitrogens with zero attached hydrogens (tertiary/aromatic N) is 7. The van der Waals surface area contributed by atoms with Crippen LogP contribution in [0.15, 0.2) is 43.0 Å². The summed E-state index contributed by atoms with van der Waals surface area (Å²) < 4.78 is 16.1. The van der Waals surface area contributed by atoms with Gasteiger partial charge in [0.05, 0.1) is 18.4 Å². The number of aromatic nitrogens is 5. The molecule has 3 aromatic heterocycles. The third-order valence-corrected chi connectivity index (χ3v) is 5.01. The van der Waals surface area contributed by atoms with Gasteiger partial charge in [0.1, 0.15) is 5.82 Å². The summed E-state index contributed by atoms with van der Waals surface area (Å²) in [4.78, 5) is 21.5. The largest absolute Gasteiger partial charge is 0.360 e. The van der Waals surface area contributed by atoms with Crippen LogP contribution < -0.4 is 9.80 Å². The minimum absolute atomic E-state index is 0.268. The molecular weight excluding hydrogens is 357 g/mol. The number of imidazole rings is 1. The molecule has 0 spiro atoms. The first-order valence-electron chi connectivity index (χ1n) is 9.47. The van der Waals surface area contributed by atoms with E-state index < -0.39 is 5.82 Å². The van der Waals surface area contributed by atoms with Crippen molar-refractivity contribution in [1.82, 2.24) is 24.5 Å². The fourth-order valence-electron chi connectivity index (χ4n) is 3.67. The Morgan fingerprint density at radius 2 is 2.07 bits per heavy atom. The zero-order valence-corrected chi connectivity index (χ0v) is 16.2. The predicted molar refractivity (Wildman–Crippen MR) is 106 cm³/mol. The van der Waals surface area contributed by atoms with Gasteiger partial charge >= 0.3 is 0 Å². The molecule has 1 atom stereocenters. The molecule has 1 aliphatic heterocycles. The zero-order valence-electron chi connectivity index (χ0n) is 16.2. The van der Waals surface area contributed by atoms with Crippen LogP contribution in [0.5, 0.6) is 0 Å². The van der Waals surface area contributed by atoms with Crippen molar-refractivity contribution in [2.75, 3.05) is 37.0 Å². The van der Waals surface area contributed by atoms with Crippen LogP contribution in [0.4, 0.5) is 16.2 Å². The SMILES string of the molecule is CN(C)c1nc(N2CCC[C@H](c3nccn3Cc3ccccn3)C2)ncc1F. The van der Waals surface area contributed by atoms with Crippen LogP contribution in [-0.2, 0) is 6.54 Å². The Morgan fingerprint density at radius 1 is 1.18 bits per heavy atom. The fraction of sp³-hybridized carbons (Fsp3) is 0.400. The third-order valence-electron chi connectivity index (χ3n) is 5.01. The van der Waals surface area contributed by atoms with Crippen molar-refractivity contribution in [3.05, 3.63) is 60.3 Å². The van der Waals surface area contributed by atoms with E-state index >= 15 is 0 Å². The lowest BCUT2D eigenvalue weighted by atomic mass is 9.97. The number of anilines is 2. The molecule has 1 aliphatic rings. The molecule has 1 saturated heterocycles. The van der Waals surface area contributed by atoms with Crippen molar-refractivity contribution in [1.29, 1.82) is 0 Å². The lowest BCUT2D eigenvalue weighted by Crippen LogP contribution is -2.37. The van der Waals surface area contributed by atoms with E-state index in [0.29, 0.717) is 18.3 Å². The van der Waals surface area contributed by atoms with Gasteiger partial charge < -0.3 is 14.4 Å². The van der Waals surface area contributed by atoms with Crippen LogP contribution in [-0.4, -0.2) is 51.7 Å². The van der Waals surface area contributed by atoms with Crippen molar-refractivity contribution in [2.45, 2.75) is 25.3 Å². The normalized spacial score (nSPS) is 17.0. The summed E-state index contributed by atoms with van der Waals surface area (Å²) >= 11 is 0. The molecule has 28 heavy (non-hydrogen) atoms. The van der Waals surface area contributed by atoms with Gasteiger partial charge in [0, 0.05) is 51.7 Å².